The molecule has 34 heavy (non-hydrogen) atoms. The molecular weight excluding hydrogens is 473 g/mol. The summed E-state index contributed by atoms with van der Waals surface area (Å²) in [6, 6.07) is 21.5. The predicted octanol–water partition coefficient (Wildman–Crippen LogP) is 5.06. The van der Waals surface area contributed by atoms with Gasteiger partial charge in [-0.05, 0) is 54.8 Å². The van der Waals surface area contributed by atoms with Crippen molar-refractivity contribution < 1.29 is 14.4 Å². The first-order valence-corrected chi connectivity index (χ1v) is 11.4. The van der Waals surface area contributed by atoms with Crippen LogP contribution in [0.3, 0.4) is 0 Å². The highest BCUT2D eigenvalue weighted by molar-refractivity contribution is 6.53. The van der Waals surface area contributed by atoms with Crippen LogP contribution in [0.25, 0.3) is 0 Å². The van der Waals surface area contributed by atoms with E-state index in [0.29, 0.717) is 40.5 Å². The van der Waals surface area contributed by atoms with E-state index in [2.05, 4.69) is 10.6 Å². The fourth-order valence-electron chi connectivity index (χ4n) is 3.62. The minimum Gasteiger partial charge on any atom is -0.352 e. The van der Waals surface area contributed by atoms with Gasteiger partial charge in [-0.15, -0.1) is 0 Å². The molecule has 0 radical (unpaired) electrons. The van der Waals surface area contributed by atoms with E-state index in [1.807, 2.05) is 30.3 Å². The van der Waals surface area contributed by atoms with Crippen LogP contribution in [-0.2, 0) is 16.0 Å². The van der Waals surface area contributed by atoms with E-state index < -0.39 is 11.8 Å². The molecule has 4 rings (SSSR count). The van der Waals surface area contributed by atoms with Crippen LogP contribution >= 0.6 is 23.2 Å². The van der Waals surface area contributed by atoms with Gasteiger partial charge in [-0.2, -0.15) is 0 Å². The Labute approximate surface area is 207 Å². The summed E-state index contributed by atoms with van der Waals surface area (Å²) in [5, 5.41) is 5.99. The summed E-state index contributed by atoms with van der Waals surface area (Å²) in [6.07, 6.45) is 0.711. The third-order valence-corrected chi connectivity index (χ3v) is 6.20. The van der Waals surface area contributed by atoms with E-state index in [1.165, 1.54) is 0 Å². The van der Waals surface area contributed by atoms with Crippen LogP contribution in [-0.4, -0.2) is 24.3 Å². The lowest BCUT2D eigenvalue weighted by molar-refractivity contribution is -0.120. The van der Waals surface area contributed by atoms with Crippen LogP contribution in [0.1, 0.15) is 21.5 Å². The van der Waals surface area contributed by atoms with Gasteiger partial charge in [-0.1, -0.05) is 65.7 Å². The Hall–Kier alpha value is -3.61. The zero-order valence-corrected chi connectivity index (χ0v) is 19.8. The van der Waals surface area contributed by atoms with Gasteiger partial charge in [0, 0.05) is 22.8 Å². The average Bonchev–Trinajstić information content (AvgIpc) is 3.05. The topological polar surface area (TPSA) is 78.5 Å². The average molecular weight is 494 g/mol. The number of nitrogens with zero attached hydrogens (tertiary/aromatic N) is 1. The lowest BCUT2D eigenvalue weighted by Crippen LogP contribution is -2.32. The molecule has 3 amide bonds. The van der Waals surface area contributed by atoms with Crippen LogP contribution in [0, 0.1) is 6.92 Å². The number of halogens is 2. The number of benzene rings is 3. The molecule has 8 heteroatoms. The highest BCUT2D eigenvalue weighted by Gasteiger charge is 2.39. The Morgan fingerprint density at radius 2 is 1.65 bits per heavy atom. The van der Waals surface area contributed by atoms with Crippen molar-refractivity contribution in [3.05, 3.63) is 105 Å². The Morgan fingerprint density at radius 3 is 2.41 bits per heavy atom. The molecule has 0 unspecified atom stereocenters. The maximum Gasteiger partial charge on any atom is 0.283 e. The number of hydrogen-bond donors (Lipinski definition) is 2. The zero-order chi connectivity index (χ0) is 24.2. The quantitative estimate of drug-likeness (QED) is 0.451. The molecule has 0 atom stereocenters. The Balaban J connectivity index is 1.47. The summed E-state index contributed by atoms with van der Waals surface area (Å²) in [7, 11) is 0. The molecule has 0 saturated heterocycles. The molecule has 0 aromatic heterocycles. The second-order valence-electron chi connectivity index (χ2n) is 7.72. The van der Waals surface area contributed by atoms with Crippen LogP contribution in [0.2, 0.25) is 5.02 Å². The SMILES string of the molecule is Cc1c(Cl)cccc1N1C(=O)C(Cl)=C(Nc2cccc(C(=O)NCCc3ccccc3)c2)C1=O. The molecule has 6 nitrogen and oxygen atoms in total. The van der Waals surface area contributed by atoms with Gasteiger partial charge in [0.2, 0.25) is 0 Å². The summed E-state index contributed by atoms with van der Waals surface area (Å²) in [6.45, 7) is 2.20. The second-order valence-corrected chi connectivity index (χ2v) is 8.50. The van der Waals surface area contributed by atoms with Crippen molar-refractivity contribution in [1.82, 2.24) is 5.32 Å². The first-order valence-electron chi connectivity index (χ1n) is 10.6. The van der Waals surface area contributed by atoms with Crippen molar-refractivity contribution >= 4 is 52.3 Å². The summed E-state index contributed by atoms with van der Waals surface area (Å²) in [5.74, 6) is -1.49. The monoisotopic (exact) mass is 493 g/mol. The molecule has 0 saturated carbocycles. The van der Waals surface area contributed by atoms with Gasteiger partial charge in [0.15, 0.2) is 0 Å². The maximum atomic E-state index is 13.1. The summed E-state index contributed by atoms with van der Waals surface area (Å²) < 4.78 is 0. The highest BCUT2D eigenvalue weighted by atomic mass is 35.5. The van der Waals surface area contributed by atoms with Crippen LogP contribution in [0.4, 0.5) is 11.4 Å². The van der Waals surface area contributed by atoms with Crippen molar-refractivity contribution in [3.63, 3.8) is 0 Å². The molecule has 0 spiro atoms. The van der Waals surface area contributed by atoms with Gasteiger partial charge in [0.1, 0.15) is 10.7 Å². The minimum atomic E-state index is -0.644. The zero-order valence-electron chi connectivity index (χ0n) is 18.3. The number of carbonyl (C=O) groups is 3. The molecule has 1 aliphatic rings. The molecule has 3 aromatic carbocycles. The van der Waals surface area contributed by atoms with Crippen molar-refractivity contribution in [2.45, 2.75) is 13.3 Å². The fraction of sp³-hybridized carbons (Fsp3) is 0.115. The van der Waals surface area contributed by atoms with Gasteiger partial charge >= 0.3 is 0 Å². The second kappa shape index (κ2) is 10.1. The van der Waals surface area contributed by atoms with E-state index in [1.54, 1.807) is 49.4 Å². The molecule has 1 aliphatic heterocycles. The van der Waals surface area contributed by atoms with Crippen molar-refractivity contribution in [2.24, 2.45) is 0 Å². The third kappa shape index (κ3) is 4.83. The number of rotatable bonds is 7. The highest BCUT2D eigenvalue weighted by Crippen LogP contribution is 2.34. The van der Waals surface area contributed by atoms with Gasteiger partial charge in [-0.25, -0.2) is 4.90 Å². The lowest BCUT2D eigenvalue weighted by Gasteiger charge is -2.18. The molecule has 0 aliphatic carbocycles. The van der Waals surface area contributed by atoms with Crippen LogP contribution < -0.4 is 15.5 Å². The number of imide groups is 1. The number of hydrogen-bond acceptors (Lipinski definition) is 4. The summed E-state index contributed by atoms with van der Waals surface area (Å²) >= 11 is 12.4. The first kappa shape index (κ1) is 23.5. The standard InChI is InChI=1S/C26H21Cl2N3O3/c1-16-20(27)11-6-12-21(16)31-25(33)22(28)23(26(31)34)30-19-10-5-9-18(15-19)24(32)29-14-13-17-7-3-2-4-8-17/h2-12,15,30H,13-14H2,1H3,(H,29,32). The van der Waals surface area contributed by atoms with Crippen LogP contribution in [0.15, 0.2) is 83.5 Å². The number of amides is 3. The number of nitrogens with one attached hydrogen (secondary N) is 2. The van der Waals surface area contributed by atoms with Crippen molar-refractivity contribution in [1.29, 1.82) is 0 Å². The van der Waals surface area contributed by atoms with Crippen LogP contribution in [0.5, 0.6) is 0 Å². The minimum absolute atomic E-state index is 0.0623. The van der Waals surface area contributed by atoms with E-state index in [-0.39, 0.29) is 16.6 Å². The van der Waals surface area contributed by atoms with E-state index in [4.69, 9.17) is 23.2 Å². The molecule has 0 fully saturated rings. The smallest absolute Gasteiger partial charge is 0.283 e. The Bertz CT molecular complexity index is 1310. The molecule has 172 valence electrons. The molecule has 2 N–H and O–H groups in total. The Kier molecular flexibility index (Phi) is 7.01. The van der Waals surface area contributed by atoms with Crippen molar-refractivity contribution in [2.75, 3.05) is 16.8 Å². The molecular formula is C26H21Cl2N3O3. The molecule has 3 aromatic rings. The van der Waals surface area contributed by atoms with Gasteiger partial charge in [0.05, 0.1) is 5.69 Å². The lowest BCUT2D eigenvalue weighted by atomic mass is 10.1. The normalized spacial score (nSPS) is 13.4. The van der Waals surface area contributed by atoms with Gasteiger partial charge in [0.25, 0.3) is 17.7 Å². The first-order chi connectivity index (χ1) is 16.4. The van der Waals surface area contributed by atoms with E-state index >= 15 is 0 Å². The predicted molar refractivity (Wildman–Crippen MR) is 134 cm³/mol. The fourth-order valence-corrected chi connectivity index (χ4v) is 4.00. The van der Waals surface area contributed by atoms with Gasteiger partial charge in [-0.3, -0.25) is 14.4 Å². The third-order valence-electron chi connectivity index (χ3n) is 5.44. The van der Waals surface area contributed by atoms with Gasteiger partial charge < -0.3 is 10.6 Å². The van der Waals surface area contributed by atoms with Crippen molar-refractivity contribution in [3.8, 4) is 0 Å². The molecule has 0 bridgehead atoms. The Morgan fingerprint density at radius 1 is 0.912 bits per heavy atom. The maximum absolute atomic E-state index is 13.1. The van der Waals surface area contributed by atoms with E-state index in [0.717, 1.165) is 10.5 Å². The number of anilines is 2. The summed E-state index contributed by atoms with van der Waals surface area (Å²) in [5.41, 5.74) is 2.88. The molecule has 1 heterocycles. The summed E-state index contributed by atoms with van der Waals surface area (Å²) in [4.78, 5) is 39.4. The van der Waals surface area contributed by atoms with E-state index in [9.17, 15) is 14.4 Å². The number of carbonyl (C=O) groups excluding carboxylic acids is 3. The largest absolute Gasteiger partial charge is 0.352 e.